The van der Waals surface area contributed by atoms with Gasteiger partial charge in [0.15, 0.2) is 0 Å². The molecule has 1 spiro atoms. The van der Waals surface area contributed by atoms with Crippen LogP contribution < -0.4 is 16.4 Å². The molecule has 4 atom stereocenters. The van der Waals surface area contributed by atoms with E-state index in [-0.39, 0.29) is 16.7 Å². The molecule has 2 aliphatic heterocycles. The van der Waals surface area contributed by atoms with Crippen LogP contribution in [0.5, 0.6) is 0 Å². The van der Waals surface area contributed by atoms with E-state index in [1.165, 1.54) is 0 Å². The molecule has 1 unspecified atom stereocenters. The number of nitrogens with one attached hydrogen (secondary N) is 2. The minimum Gasteiger partial charge on any atom is -0.444 e. The number of nitrogens with two attached hydrogens (primary N) is 1. The highest BCUT2D eigenvalue weighted by molar-refractivity contribution is 8.01. The number of alkyl carbamates (subject to hydrolysis) is 1. The third kappa shape index (κ3) is 6.75. The molecule has 0 aromatic carbocycles. The Labute approximate surface area is 183 Å². The van der Waals surface area contributed by atoms with E-state index < -0.39 is 35.5 Å². The molecule has 2 rings (SSSR count). The van der Waals surface area contributed by atoms with Crippen molar-refractivity contribution in [1.29, 1.82) is 0 Å². The highest BCUT2D eigenvalue weighted by Gasteiger charge is 2.48. The zero-order chi connectivity index (χ0) is 22.9. The first-order valence-corrected chi connectivity index (χ1v) is 11.3. The minimum absolute atomic E-state index is 0.237. The first-order valence-electron chi connectivity index (χ1n) is 10.3. The van der Waals surface area contributed by atoms with Gasteiger partial charge < -0.3 is 25.4 Å². The molecule has 172 valence electrons. The smallest absolute Gasteiger partial charge is 0.408 e. The van der Waals surface area contributed by atoms with Crippen molar-refractivity contribution in [3.63, 3.8) is 0 Å². The molecule has 2 aliphatic rings. The molecule has 10 heteroatoms. The molecule has 2 saturated heterocycles. The molecule has 2 fully saturated rings. The second kappa shape index (κ2) is 8.92. The Hall–Kier alpha value is -1.52. The maximum absolute atomic E-state index is 13.4. The van der Waals surface area contributed by atoms with Crippen LogP contribution in [0.25, 0.3) is 0 Å². The Morgan fingerprint density at radius 2 is 1.83 bits per heavy atom. The lowest BCUT2D eigenvalue weighted by atomic mass is 10.1. The molecule has 0 saturated carbocycles. The van der Waals surface area contributed by atoms with Gasteiger partial charge in [0, 0.05) is 18.8 Å². The summed E-state index contributed by atoms with van der Waals surface area (Å²) in [6.07, 6.45) is -0.536. The van der Waals surface area contributed by atoms with Gasteiger partial charge in [-0.3, -0.25) is 14.9 Å². The number of primary amides is 1. The summed E-state index contributed by atoms with van der Waals surface area (Å²) >= 11 is 1.61. The number of thioether (sulfide) groups is 1. The summed E-state index contributed by atoms with van der Waals surface area (Å²) in [6.45, 7) is 13.7. The van der Waals surface area contributed by atoms with E-state index in [0.717, 1.165) is 0 Å². The average molecular weight is 445 g/mol. The monoisotopic (exact) mass is 444 g/mol. The van der Waals surface area contributed by atoms with Crippen LogP contribution in [0.15, 0.2) is 0 Å². The highest BCUT2D eigenvalue weighted by Crippen LogP contribution is 2.38. The van der Waals surface area contributed by atoms with Gasteiger partial charge >= 0.3 is 6.09 Å². The van der Waals surface area contributed by atoms with E-state index in [0.29, 0.717) is 25.3 Å². The van der Waals surface area contributed by atoms with Crippen molar-refractivity contribution >= 4 is 29.7 Å². The third-order valence-electron chi connectivity index (χ3n) is 4.80. The van der Waals surface area contributed by atoms with Gasteiger partial charge in [0.05, 0.1) is 22.6 Å². The van der Waals surface area contributed by atoms with E-state index in [2.05, 4.69) is 10.6 Å². The SMILES string of the molecule is C[C@@H](OC(C)(C)C)[C@H](NC(=O)OC(C)(C)C)C(=O)N1CCC2(C1)N[C@H](C(N)=O)CS2. The lowest BCUT2D eigenvalue weighted by molar-refractivity contribution is -0.140. The first kappa shape index (κ1) is 24.7. The topological polar surface area (TPSA) is 123 Å². The molecule has 4 N–H and O–H groups in total. The maximum Gasteiger partial charge on any atom is 0.408 e. The number of amides is 3. The van der Waals surface area contributed by atoms with Gasteiger partial charge in [-0.05, 0) is 54.9 Å². The van der Waals surface area contributed by atoms with Crippen LogP contribution in [0.4, 0.5) is 4.79 Å². The summed E-state index contributed by atoms with van der Waals surface area (Å²) in [5.74, 6) is -0.0410. The second-order valence-corrected chi connectivity index (χ2v) is 11.4. The molecule has 2 heterocycles. The van der Waals surface area contributed by atoms with Crippen molar-refractivity contribution in [3.8, 4) is 0 Å². The zero-order valence-corrected chi connectivity index (χ0v) is 19.9. The van der Waals surface area contributed by atoms with Gasteiger partial charge in [-0.25, -0.2) is 4.79 Å². The van der Waals surface area contributed by atoms with E-state index >= 15 is 0 Å². The van der Waals surface area contributed by atoms with E-state index in [9.17, 15) is 14.4 Å². The quantitative estimate of drug-likeness (QED) is 0.582. The minimum atomic E-state index is -0.896. The van der Waals surface area contributed by atoms with Crippen LogP contribution in [0.2, 0.25) is 0 Å². The number of likely N-dealkylation sites (tertiary alicyclic amines) is 1. The number of ether oxygens (including phenoxy) is 2. The number of carbonyl (C=O) groups is 3. The molecule has 0 bridgehead atoms. The number of carbonyl (C=O) groups excluding carboxylic acids is 3. The molecular weight excluding hydrogens is 408 g/mol. The van der Waals surface area contributed by atoms with Gasteiger partial charge in [-0.1, -0.05) is 0 Å². The summed E-state index contributed by atoms with van der Waals surface area (Å²) in [5.41, 5.74) is 4.25. The lowest BCUT2D eigenvalue weighted by Crippen LogP contribution is -2.56. The largest absolute Gasteiger partial charge is 0.444 e. The Balaban J connectivity index is 2.12. The van der Waals surface area contributed by atoms with Crippen molar-refractivity contribution in [2.45, 2.75) is 89.1 Å². The molecular formula is C20H36N4O5S. The van der Waals surface area contributed by atoms with Gasteiger partial charge in [-0.15, -0.1) is 11.8 Å². The number of hydrogen-bond donors (Lipinski definition) is 3. The van der Waals surface area contributed by atoms with Crippen molar-refractivity contribution in [2.24, 2.45) is 5.73 Å². The summed E-state index contributed by atoms with van der Waals surface area (Å²) in [5, 5.41) is 5.98. The fourth-order valence-electron chi connectivity index (χ4n) is 3.64. The molecule has 9 nitrogen and oxygen atoms in total. The van der Waals surface area contributed by atoms with Gasteiger partial charge in [0.25, 0.3) is 0 Å². The Bertz CT molecular complexity index is 675. The fraction of sp³-hybridized carbons (Fsp3) is 0.850. The van der Waals surface area contributed by atoms with Crippen LogP contribution in [-0.4, -0.2) is 75.9 Å². The van der Waals surface area contributed by atoms with Crippen molar-refractivity contribution < 1.29 is 23.9 Å². The van der Waals surface area contributed by atoms with Gasteiger partial charge in [0.1, 0.15) is 11.6 Å². The summed E-state index contributed by atoms with van der Waals surface area (Å²) in [6, 6.07) is -1.29. The van der Waals surface area contributed by atoms with Gasteiger partial charge in [-0.2, -0.15) is 0 Å². The van der Waals surface area contributed by atoms with Crippen LogP contribution in [0, 0.1) is 0 Å². The van der Waals surface area contributed by atoms with Crippen LogP contribution in [-0.2, 0) is 19.1 Å². The van der Waals surface area contributed by atoms with Crippen LogP contribution >= 0.6 is 11.8 Å². The summed E-state index contributed by atoms with van der Waals surface area (Å²) < 4.78 is 11.3. The fourth-order valence-corrected chi connectivity index (χ4v) is 5.08. The standard InChI is InChI=1S/C20H36N4O5S/c1-12(28-18(2,3)4)14(22-17(27)29-19(5,6)7)16(26)24-9-8-20(11-24)23-13(10-30-20)15(21)25/h12-14,23H,8-11H2,1-7H3,(H2,21,25)(H,22,27)/t12-,13+,14+,20?/m1/s1. The first-order chi connectivity index (χ1) is 13.6. The number of rotatable bonds is 5. The summed E-state index contributed by atoms with van der Waals surface area (Å²) in [4.78, 5) is 38.6. The Morgan fingerprint density at radius 3 is 2.33 bits per heavy atom. The molecule has 3 amide bonds. The predicted molar refractivity (Wildman–Crippen MR) is 116 cm³/mol. The number of hydrogen-bond acceptors (Lipinski definition) is 7. The predicted octanol–water partition coefficient (Wildman–Crippen LogP) is 1.20. The van der Waals surface area contributed by atoms with Gasteiger partial charge in [0.2, 0.25) is 11.8 Å². The molecule has 0 aliphatic carbocycles. The molecule has 0 aromatic heterocycles. The lowest BCUT2D eigenvalue weighted by Gasteiger charge is -2.33. The molecule has 0 radical (unpaired) electrons. The third-order valence-corrected chi connectivity index (χ3v) is 6.30. The Morgan fingerprint density at radius 1 is 1.20 bits per heavy atom. The summed E-state index contributed by atoms with van der Waals surface area (Å²) in [7, 11) is 0. The van der Waals surface area contributed by atoms with E-state index in [1.807, 2.05) is 20.8 Å². The van der Waals surface area contributed by atoms with Crippen molar-refractivity contribution in [3.05, 3.63) is 0 Å². The highest BCUT2D eigenvalue weighted by atomic mass is 32.2. The second-order valence-electron chi connectivity index (χ2n) is 9.97. The average Bonchev–Trinajstić information content (AvgIpc) is 3.16. The number of nitrogens with zero attached hydrogens (tertiary/aromatic N) is 1. The van der Waals surface area contributed by atoms with Crippen LogP contribution in [0.3, 0.4) is 0 Å². The molecule has 0 aromatic rings. The molecule has 30 heavy (non-hydrogen) atoms. The normalized spacial score (nSPS) is 26.5. The van der Waals surface area contributed by atoms with Crippen molar-refractivity contribution in [1.82, 2.24) is 15.5 Å². The van der Waals surface area contributed by atoms with Crippen molar-refractivity contribution in [2.75, 3.05) is 18.8 Å². The Kier molecular flexibility index (Phi) is 7.36. The van der Waals surface area contributed by atoms with E-state index in [1.54, 1.807) is 44.4 Å². The van der Waals surface area contributed by atoms with Crippen LogP contribution in [0.1, 0.15) is 54.9 Å². The van der Waals surface area contributed by atoms with E-state index in [4.69, 9.17) is 15.2 Å². The zero-order valence-electron chi connectivity index (χ0n) is 19.0. The maximum atomic E-state index is 13.4.